The molecule has 0 saturated carbocycles. The van der Waals surface area contributed by atoms with Gasteiger partial charge in [-0.3, -0.25) is 0 Å². The van der Waals surface area contributed by atoms with Crippen molar-refractivity contribution in [3.63, 3.8) is 0 Å². The maximum atomic E-state index is 3.79. The number of rotatable bonds is 10. The van der Waals surface area contributed by atoms with E-state index in [-0.39, 0.29) is 7.92 Å². The molecule has 0 fully saturated rings. The van der Waals surface area contributed by atoms with Gasteiger partial charge in [0.05, 0.1) is 30.7 Å². The monoisotopic (exact) mass is 456 g/mol. The van der Waals surface area contributed by atoms with Crippen molar-refractivity contribution in [2.24, 2.45) is 0 Å². The van der Waals surface area contributed by atoms with Crippen LogP contribution < -0.4 is 26.5 Å². The standard InChI is InChI=1S/C29H32NP2/c1-32(28-18-10-4-11-19-28,29-20-12-5-13-21-29)25-23-30-22-24-31(26-14-6-2-7-15-26)27-16-8-3-9-17-27/h2-21,30H,22-25H2,1H3/q+1. The van der Waals surface area contributed by atoms with E-state index in [1.54, 1.807) is 0 Å². The Kier molecular flexibility index (Phi) is 8.24. The molecule has 4 rings (SSSR count). The van der Waals surface area contributed by atoms with Gasteiger partial charge in [0.1, 0.15) is 0 Å². The summed E-state index contributed by atoms with van der Waals surface area (Å²) in [5.41, 5.74) is 0. The Hall–Kier alpha value is -2.30. The molecular formula is C29H32NP2+. The fourth-order valence-electron chi connectivity index (χ4n) is 4.16. The zero-order valence-electron chi connectivity index (χ0n) is 18.8. The van der Waals surface area contributed by atoms with Gasteiger partial charge in [-0.2, -0.15) is 0 Å². The van der Waals surface area contributed by atoms with Crippen molar-refractivity contribution < 1.29 is 0 Å². The smallest absolute Gasteiger partial charge is 0.0989 e. The summed E-state index contributed by atoms with van der Waals surface area (Å²) in [7, 11) is -1.75. The molecule has 0 aromatic heterocycles. The van der Waals surface area contributed by atoms with E-state index in [0.29, 0.717) is 0 Å². The molecule has 162 valence electrons. The quantitative estimate of drug-likeness (QED) is 0.261. The first-order valence-electron chi connectivity index (χ1n) is 11.3. The Balaban J connectivity index is 1.41. The van der Waals surface area contributed by atoms with Gasteiger partial charge in [0.2, 0.25) is 0 Å². The molecular weight excluding hydrogens is 424 g/mol. The van der Waals surface area contributed by atoms with Gasteiger partial charge in [-0.15, -0.1) is 0 Å². The molecule has 0 saturated heterocycles. The van der Waals surface area contributed by atoms with E-state index >= 15 is 0 Å². The number of hydrogen-bond donors (Lipinski definition) is 1. The van der Waals surface area contributed by atoms with Crippen molar-refractivity contribution in [2.45, 2.75) is 0 Å². The van der Waals surface area contributed by atoms with Gasteiger partial charge in [-0.25, -0.2) is 0 Å². The Morgan fingerprint density at radius 1 is 0.562 bits per heavy atom. The number of hydrogen-bond acceptors (Lipinski definition) is 1. The third kappa shape index (κ3) is 5.73. The van der Waals surface area contributed by atoms with Crippen LogP contribution in [0.1, 0.15) is 0 Å². The van der Waals surface area contributed by atoms with Crippen LogP contribution >= 0.6 is 15.2 Å². The maximum Gasteiger partial charge on any atom is 0.0989 e. The Morgan fingerprint density at radius 2 is 0.969 bits per heavy atom. The van der Waals surface area contributed by atoms with Gasteiger partial charge in [0, 0.05) is 6.54 Å². The minimum Gasteiger partial charge on any atom is -0.313 e. The summed E-state index contributed by atoms with van der Waals surface area (Å²) >= 11 is 0. The topological polar surface area (TPSA) is 12.0 Å². The van der Waals surface area contributed by atoms with Gasteiger partial charge in [-0.1, -0.05) is 97.1 Å². The average molecular weight is 457 g/mol. The van der Waals surface area contributed by atoms with Crippen LogP contribution in [0.2, 0.25) is 0 Å². The highest BCUT2D eigenvalue weighted by Gasteiger charge is 2.36. The predicted molar refractivity (Wildman–Crippen MR) is 147 cm³/mol. The second-order valence-corrected chi connectivity index (χ2v) is 14.4. The summed E-state index contributed by atoms with van der Waals surface area (Å²) in [6.45, 7) is 4.57. The second kappa shape index (κ2) is 11.5. The molecule has 0 bridgehead atoms. The molecule has 0 unspecified atom stereocenters. The SMILES string of the molecule is C[P+](CCNCCP(c1ccccc1)c1ccccc1)(c1ccccc1)c1ccccc1. The predicted octanol–water partition coefficient (Wildman–Crippen LogP) is 5.01. The fourth-order valence-corrected chi connectivity index (χ4v) is 9.50. The summed E-state index contributed by atoms with van der Waals surface area (Å²) in [5, 5.41) is 9.69. The van der Waals surface area contributed by atoms with Gasteiger partial charge < -0.3 is 5.32 Å². The normalized spacial score (nSPS) is 11.6. The summed E-state index contributed by atoms with van der Waals surface area (Å²) < 4.78 is 0. The molecule has 0 spiro atoms. The van der Waals surface area contributed by atoms with Crippen molar-refractivity contribution in [1.29, 1.82) is 0 Å². The summed E-state index contributed by atoms with van der Waals surface area (Å²) in [6, 6.07) is 44.2. The molecule has 0 aliphatic carbocycles. The highest BCUT2D eigenvalue weighted by molar-refractivity contribution is 7.88. The molecule has 0 atom stereocenters. The fraction of sp³-hybridized carbons (Fsp3) is 0.172. The van der Waals surface area contributed by atoms with Gasteiger partial charge in [-0.05, 0) is 55.5 Å². The van der Waals surface area contributed by atoms with Gasteiger partial charge >= 0.3 is 0 Å². The first-order valence-corrected chi connectivity index (χ1v) is 15.3. The third-order valence-electron chi connectivity index (χ3n) is 6.04. The van der Waals surface area contributed by atoms with E-state index in [0.717, 1.165) is 19.3 Å². The van der Waals surface area contributed by atoms with E-state index in [1.165, 1.54) is 27.4 Å². The molecule has 0 aliphatic rings. The van der Waals surface area contributed by atoms with Crippen molar-refractivity contribution >= 4 is 36.4 Å². The van der Waals surface area contributed by atoms with Crippen LogP contribution in [0.15, 0.2) is 121 Å². The van der Waals surface area contributed by atoms with E-state index in [2.05, 4.69) is 133 Å². The highest BCUT2D eigenvalue weighted by Crippen LogP contribution is 2.51. The van der Waals surface area contributed by atoms with Crippen LogP contribution in [0.25, 0.3) is 0 Å². The maximum absolute atomic E-state index is 3.79. The summed E-state index contributed by atoms with van der Waals surface area (Å²) in [6.07, 6.45) is 2.34. The minimum atomic E-state index is -1.41. The van der Waals surface area contributed by atoms with Crippen LogP contribution in [-0.4, -0.2) is 32.1 Å². The molecule has 0 heterocycles. The first-order chi connectivity index (χ1) is 15.8. The Morgan fingerprint density at radius 3 is 1.41 bits per heavy atom. The second-order valence-electron chi connectivity index (χ2n) is 8.16. The lowest BCUT2D eigenvalue weighted by Crippen LogP contribution is -2.31. The lowest BCUT2D eigenvalue weighted by atomic mass is 10.4. The average Bonchev–Trinajstić information content (AvgIpc) is 2.88. The zero-order chi connectivity index (χ0) is 22.1. The van der Waals surface area contributed by atoms with E-state index in [9.17, 15) is 0 Å². The minimum absolute atomic E-state index is 0.337. The van der Waals surface area contributed by atoms with Crippen molar-refractivity contribution in [1.82, 2.24) is 5.32 Å². The molecule has 4 aromatic carbocycles. The molecule has 32 heavy (non-hydrogen) atoms. The van der Waals surface area contributed by atoms with E-state index in [1.807, 2.05) is 0 Å². The van der Waals surface area contributed by atoms with Crippen LogP contribution in [0.5, 0.6) is 0 Å². The lowest BCUT2D eigenvalue weighted by molar-refractivity contribution is 0.770. The lowest BCUT2D eigenvalue weighted by Gasteiger charge is -2.24. The van der Waals surface area contributed by atoms with Crippen LogP contribution in [-0.2, 0) is 0 Å². The molecule has 1 nitrogen and oxygen atoms in total. The number of nitrogens with one attached hydrogen (secondary N) is 1. The molecule has 0 aliphatic heterocycles. The zero-order valence-corrected chi connectivity index (χ0v) is 20.6. The van der Waals surface area contributed by atoms with Crippen molar-refractivity contribution in [3.05, 3.63) is 121 Å². The first kappa shape index (κ1) is 22.9. The van der Waals surface area contributed by atoms with Gasteiger partial charge in [0.15, 0.2) is 0 Å². The third-order valence-corrected chi connectivity index (χ3v) is 12.5. The molecule has 4 aromatic rings. The van der Waals surface area contributed by atoms with Crippen LogP contribution in [0.4, 0.5) is 0 Å². The highest BCUT2D eigenvalue weighted by atomic mass is 31.2. The van der Waals surface area contributed by atoms with E-state index < -0.39 is 7.26 Å². The summed E-state index contributed by atoms with van der Waals surface area (Å²) in [4.78, 5) is 0. The molecule has 0 amide bonds. The van der Waals surface area contributed by atoms with Gasteiger partial charge in [0.25, 0.3) is 0 Å². The van der Waals surface area contributed by atoms with Crippen molar-refractivity contribution in [2.75, 3.05) is 32.1 Å². The van der Waals surface area contributed by atoms with Crippen molar-refractivity contribution in [3.8, 4) is 0 Å². The Bertz CT molecular complexity index is 974. The largest absolute Gasteiger partial charge is 0.313 e. The van der Waals surface area contributed by atoms with Crippen LogP contribution in [0.3, 0.4) is 0 Å². The summed E-state index contributed by atoms with van der Waals surface area (Å²) in [5.74, 6) is 0. The molecule has 3 heteroatoms. The van der Waals surface area contributed by atoms with E-state index in [4.69, 9.17) is 0 Å². The molecule has 0 radical (unpaired) electrons. The van der Waals surface area contributed by atoms with Crippen LogP contribution in [0, 0.1) is 0 Å². The Labute approximate surface area is 195 Å². The molecule has 1 N–H and O–H groups in total. The number of benzene rings is 4.